The summed E-state index contributed by atoms with van der Waals surface area (Å²) in [5, 5.41) is 0. The van der Waals surface area contributed by atoms with Gasteiger partial charge in [0.15, 0.2) is 0 Å². The van der Waals surface area contributed by atoms with Crippen molar-refractivity contribution in [1.29, 1.82) is 0 Å². The van der Waals surface area contributed by atoms with E-state index < -0.39 is 0 Å². The second kappa shape index (κ2) is 7.09. The summed E-state index contributed by atoms with van der Waals surface area (Å²) in [6.45, 7) is 4.34. The first-order valence-corrected chi connectivity index (χ1v) is 7.96. The maximum absolute atomic E-state index is 6.32. The fraction of sp³-hybridized carbons (Fsp3) is 0.667. The van der Waals surface area contributed by atoms with Crippen LogP contribution in [0.15, 0.2) is 18.2 Å². The number of rotatable bonds is 5. The number of hydrogen-bond donors (Lipinski definition) is 1. The Bertz CT molecular complexity index is 370. The van der Waals surface area contributed by atoms with E-state index in [9.17, 15) is 0 Å². The first kappa shape index (κ1) is 14.6. The van der Waals surface area contributed by atoms with Crippen LogP contribution in [0.5, 0.6) is 0 Å². The molecule has 1 unspecified atom stereocenters. The Kier molecular flexibility index (Phi) is 5.45. The molecule has 0 heterocycles. The molecule has 0 aromatic heterocycles. The molecule has 1 nitrogen and oxygen atoms in total. The number of benzene rings is 1. The van der Waals surface area contributed by atoms with Crippen molar-refractivity contribution >= 4 is 0 Å². The normalized spacial score (nSPS) is 18.5. The van der Waals surface area contributed by atoms with Crippen molar-refractivity contribution in [3.63, 3.8) is 0 Å². The lowest BCUT2D eigenvalue weighted by Gasteiger charge is -2.23. The highest BCUT2D eigenvalue weighted by atomic mass is 14.6. The summed E-state index contributed by atoms with van der Waals surface area (Å²) in [7, 11) is 0. The third-order valence-corrected chi connectivity index (χ3v) is 4.45. The Hall–Kier alpha value is -0.820. The molecule has 1 heteroatoms. The van der Waals surface area contributed by atoms with Gasteiger partial charge in [0.2, 0.25) is 0 Å². The van der Waals surface area contributed by atoms with Crippen LogP contribution in [-0.2, 0) is 6.42 Å². The molecule has 0 spiro atoms. The summed E-state index contributed by atoms with van der Waals surface area (Å²) in [6, 6.07) is 7.14. The summed E-state index contributed by atoms with van der Waals surface area (Å²) < 4.78 is 0. The average molecular weight is 259 g/mol. The molecule has 1 atom stereocenters. The number of aryl methyl sites for hydroxylation is 2. The fourth-order valence-electron chi connectivity index (χ4n) is 3.52. The molecule has 106 valence electrons. The van der Waals surface area contributed by atoms with Gasteiger partial charge in [-0.3, -0.25) is 0 Å². The van der Waals surface area contributed by atoms with Gasteiger partial charge in [-0.2, -0.15) is 0 Å². The molecule has 1 aliphatic rings. The first-order chi connectivity index (χ1) is 9.13. The second-order valence-corrected chi connectivity index (χ2v) is 6.54. The van der Waals surface area contributed by atoms with Gasteiger partial charge in [0.1, 0.15) is 0 Å². The van der Waals surface area contributed by atoms with Crippen molar-refractivity contribution in [2.24, 2.45) is 11.7 Å². The van der Waals surface area contributed by atoms with Gasteiger partial charge < -0.3 is 5.73 Å². The van der Waals surface area contributed by atoms with Gasteiger partial charge in [-0.05, 0) is 44.6 Å². The maximum atomic E-state index is 6.32. The van der Waals surface area contributed by atoms with Crippen LogP contribution >= 0.6 is 0 Å². The molecule has 0 bridgehead atoms. The van der Waals surface area contributed by atoms with Crippen molar-refractivity contribution in [3.05, 3.63) is 34.9 Å². The van der Waals surface area contributed by atoms with E-state index in [1.165, 1.54) is 61.6 Å². The van der Waals surface area contributed by atoms with E-state index in [0.717, 1.165) is 12.3 Å². The minimum absolute atomic E-state index is 0.336. The molecule has 0 aliphatic heterocycles. The average Bonchev–Trinajstić information content (AvgIpc) is 2.36. The molecule has 0 amide bonds. The molecule has 1 fully saturated rings. The van der Waals surface area contributed by atoms with Crippen LogP contribution in [-0.4, -0.2) is 6.04 Å². The Morgan fingerprint density at radius 1 is 1.05 bits per heavy atom. The summed E-state index contributed by atoms with van der Waals surface area (Å²) in [4.78, 5) is 0. The molecular formula is C18H29N. The van der Waals surface area contributed by atoms with Gasteiger partial charge >= 0.3 is 0 Å². The molecule has 19 heavy (non-hydrogen) atoms. The lowest BCUT2D eigenvalue weighted by molar-refractivity contribution is 0.323. The summed E-state index contributed by atoms with van der Waals surface area (Å²) in [6.07, 6.45) is 10.8. The molecule has 1 saturated carbocycles. The van der Waals surface area contributed by atoms with Crippen LogP contribution in [0, 0.1) is 19.8 Å². The highest BCUT2D eigenvalue weighted by Gasteiger charge is 2.15. The van der Waals surface area contributed by atoms with Gasteiger partial charge in [0.05, 0.1) is 0 Å². The third-order valence-electron chi connectivity index (χ3n) is 4.45. The summed E-state index contributed by atoms with van der Waals surface area (Å²) >= 11 is 0. The van der Waals surface area contributed by atoms with Crippen molar-refractivity contribution in [3.8, 4) is 0 Å². The van der Waals surface area contributed by atoms with Crippen molar-refractivity contribution in [2.45, 2.75) is 71.3 Å². The van der Waals surface area contributed by atoms with E-state index >= 15 is 0 Å². The maximum Gasteiger partial charge on any atom is 0.00794 e. The summed E-state index contributed by atoms with van der Waals surface area (Å²) in [5.41, 5.74) is 10.4. The van der Waals surface area contributed by atoms with Gasteiger partial charge in [0, 0.05) is 6.04 Å². The van der Waals surface area contributed by atoms with E-state index in [4.69, 9.17) is 5.73 Å². The van der Waals surface area contributed by atoms with Crippen molar-refractivity contribution < 1.29 is 0 Å². The molecule has 0 radical (unpaired) electrons. The van der Waals surface area contributed by atoms with Crippen molar-refractivity contribution in [2.75, 3.05) is 0 Å². The highest BCUT2D eigenvalue weighted by molar-refractivity contribution is 5.29. The lowest BCUT2D eigenvalue weighted by atomic mass is 9.84. The fourth-order valence-corrected chi connectivity index (χ4v) is 3.52. The molecule has 1 aromatic rings. The minimum atomic E-state index is 0.336. The predicted octanol–water partition coefficient (Wildman–Crippen LogP) is 4.53. The monoisotopic (exact) mass is 259 g/mol. The standard InChI is InChI=1S/C18H29N/c1-14-10-15(2)12-17(11-14)13-18(19)9-8-16-6-4-3-5-7-16/h10-12,16,18H,3-9,13,19H2,1-2H3. The molecular weight excluding hydrogens is 230 g/mol. The third kappa shape index (κ3) is 4.99. The van der Waals surface area contributed by atoms with E-state index in [-0.39, 0.29) is 0 Å². The molecule has 1 aromatic carbocycles. The zero-order chi connectivity index (χ0) is 13.7. The molecule has 1 aliphatic carbocycles. The molecule has 2 rings (SSSR count). The number of hydrogen-bond acceptors (Lipinski definition) is 1. The SMILES string of the molecule is Cc1cc(C)cc(CC(N)CCC2CCCCC2)c1. The Labute approximate surface area is 118 Å². The van der Waals surface area contributed by atoms with E-state index in [2.05, 4.69) is 32.0 Å². The topological polar surface area (TPSA) is 26.0 Å². The zero-order valence-corrected chi connectivity index (χ0v) is 12.6. The smallest absolute Gasteiger partial charge is 0.00794 e. The van der Waals surface area contributed by atoms with Gasteiger partial charge in [-0.1, -0.05) is 61.4 Å². The Balaban J connectivity index is 1.78. The Morgan fingerprint density at radius 3 is 2.32 bits per heavy atom. The van der Waals surface area contributed by atoms with Crippen molar-refractivity contribution in [1.82, 2.24) is 0 Å². The second-order valence-electron chi connectivity index (χ2n) is 6.54. The zero-order valence-electron chi connectivity index (χ0n) is 12.6. The first-order valence-electron chi connectivity index (χ1n) is 7.96. The van der Waals surface area contributed by atoms with E-state index in [1.54, 1.807) is 0 Å². The van der Waals surface area contributed by atoms with Crippen LogP contribution in [0.1, 0.15) is 61.6 Å². The van der Waals surface area contributed by atoms with Crippen LogP contribution < -0.4 is 5.73 Å². The molecule has 0 saturated heterocycles. The highest BCUT2D eigenvalue weighted by Crippen LogP contribution is 2.27. The van der Waals surface area contributed by atoms with Crippen LogP contribution in [0.25, 0.3) is 0 Å². The molecule has 2 N–H and O–H groups in total. The quantitative estimate of drug-likeness (QED) is 0.825. The Morgan fingerprint density at radius 2 is 1.68 bits per heavy atom. The van der Waals surface area contributed by atoms with Crippen LogP contribution in [0.3, 0.4) is 0 Å². The van der Waals surface area contributed by atoms with E-state index in [1.807, 2.05) is 0 Å². The van der Waals surface area contributed by atoms with Gasteiger partial charge in [-0.25, -0.2) is 0 Å². The largest absolute Gasteiger partial charge is 0.327 e. The predicted molar refractivity (Wildman–Crippen MR) is 83.4 cm³/mol. The lowest BCUT2D eigenvalue weighted by Crippen LogP contribution is -2.24. The van der Waals surface area contributed by atoms with Crippen LogP contribution in [0.4, 0.5) is 0 Å². The number of nitrogens with two attached hydrogens (primary N) is 1. The summed E-state index contributed by atoms with van der Waals surface area (Å²) in [5.74, 6) is 0.957. The van der Waals surface area contributed by atoms with Gasteiger partial charge in [-0.15, -0.1) is 0 Å². The van der Waals surface area contributed by atoms with Gasteiger partial charge in [0.25, 0.3) is 0 Å². The minimum Gasteiger partial charge on any atom is -0.327 e. The van der Waals surface area contributed by atoms with Crippen LogP contribution in [0.2, 0.25) is 0 Å². The van der Waals surface area contributed by atoms with E-state index in [0.29, 0.717) is 6.04 Å².